The summed E-state index contributed by atoms with van der Waals surface area (Å²) in [6.45, 7) is 8.94. The molecular formula is C23H26F4O7S. The number of ether oxygens (including phenoxy) is 2. The van der Waals surface area contributed by atoms with Gasteiger partial charge in [-0.25, -0.2) is 9.18 Å². The minimum Gasteiger partial charge on any atom is -0.464 e. The average molecular weight is 523 g/mol. The molecule has 0 N–H and O–H groups in total. The minimum absolute atomic E-state index is 0.0233. The summed E-state index contributed by atoms with van der Waals surface area (Å²) in [5.41, 5.74) is -7.48. The monoisotopic (exact) mass is 522 g/mol. The molecule has 12 heteroatoms. The molecule has 0 bridgehead atoms. The molecule has 2 aromatic rings. The fourth-order valence-electron chi connectivity index (χ4n) is 3.31. The number of Topliss-reactive ketones (excluding diaryl/α,β-unsaturated/α-hetero) is 1. The van der Waals surface area contributed by atoms with Crippen LogP contribution in [0.1, 0.15) is 68.6 Å². The predicted molar refractivity (Wildman–Crippen MR) is 119 cm³/mol. The molecule has 0 radical (unpaired) electrons. The van der Waals surface area contributed by atoms with Crippen molar-refractivity contribution in [2.75, 3.05) is 6.61 Å². The number of ketones is 1. The molecular weight excluding hydrogens is 496 g/mol. The summed E-state index contributed by atoms with van der Waals surface area (Å²) in [6.07, 6.45) is -1.76. The van der Waals surface area contributed by atoms with Gasteiger partial charge in [-0.15, -0.1) is 0 Å². The molecule has 7 nitrogen and oxygen atoms in total. The Bertz CT molecular complexity index is 1250. The topological polar surface area (TPSA) is 96.0 Å². The van der Waals surface area contributed by atoms with E-state index in [9.17, 15) is 35.6 Å². The van der Waals surface area contributed by atoms with Crippen molar-refractivity contribution in [3.8, 4) is 5.75 Å². The van der Waals surface area contributed by atoms with E-state index in [1.807, 2.05) is 0 Å². The van der Waals surface area contributed by atoms with Crippen LogP contribution in [0.3, 0.4) is 0 Å². The number of fused-ring (bicyclic) bond motifs is 1. The van der Waals surface area contributed by atoms with Crippen molar-refractivity contribution in [3.05, 3.63) is 40.7 Å². The Hall–Kier alpha value is -2.73. The molecule has 0 aliphatic heterocycles. The quantitative estimate of drug-likeness (QED) is 0.148. The first kappa shape index (κ1) is 28.5. The third-order valence-electron chi connectivity index (χ3n) is 4.76. The van der Waals surface area contributed by atoms with Crippen LogP contribution in [0.15, 0.2) is 18.2 Å². The molecule has 194 valence electrons. The van der Waals surface area contributed by atoms with E-state index in [-0.39, 0.29) is 35.1 Å². The van der Waals surface area contributed by atoms with Crippen LogP contribution in [0.4, 0.5) is 17.6 Å². The molecule has 0 saturated heterocycles. The van der Waals surface area contributed by atoms with Crippen molar-refractivity contribution in [1.82, 2.24) is 0 Å². The first-order valence-electron chi connectivity index (χ1n) is 10.6. The average Bonchev–Trinajstić information content (AvgIpc) is 2.70. The second kappa shape index (κ2) is 10.1. The standard InChI is InChI=1S/C23H26F4O7S/c1-7-17(28)15-10-13-9-12(3)18(20(21(29)32-8-2)33-22(4,5)6)19(14(13)11-16(15)24)34-35(30,31)23(25,26)27/h9-11,20H,7-8H2,1-6H3/t20-/m0/s1. The molecule has 0 aromatic heterocycles. The van der Waals surface area contributed by atoms with Crippen LogP contribution in [-0.4, -0.2) is 37.9 Å². The maximum Gasteiger partial charge on any atom is 0.534 e. The highest BCUT2D eigenvalue weighted by atomic mass is 32.2. The maximum atomic E-state index is 14.8. The number of halogens is 4. The van der Waals surface area contributed by atoms with Gasteiger partial charge in [-0.05, 0) is 57.7 Å². The smallest absolute Gasteiger partial charge is 0.464 e. The highest BCUT2D eigenvalue weighted by Crippen LogP contribution is 2.43. The molecule has 0 heterocycles. The van der Waals surface area contributed by atoms with E-state index < -0.39 is 56.0 Å². The second-order valence-electron chi connectivity index (χ2n) is 8.61. The molecule has 2 aromatic carbocycles. The molecule has 1 atom stereocenters. The Morgan fingerprint density at radius 1 is 1.06 bits per heavy atom. The molecule has 35 heavy (non-hydrogen) atoms. The van der Waals surface area contributed by atoms with Crippen LogP contribution in [0.5, 0.6) is 5.75 Å². The SMILES string of the molecule is CCOC(=O)[C@@H](OC(C)(C)C)c1c(C)cc2cc(C(=O)CC)c(F)cc2c1OS(=O)(=O)C(F)(F)F. The van der Waals surface area contributed by atoms with E-state index in [4.69, 9.17) is 9.47 Å². The van der Waals surface area contributed by atoms with Gasteiger partial charge in [0.15, 0.2) is 17.6 Å². The Morgan fingerprint density at radius 3 is 2.14 bits per heavy atom. The predicted octanol–water partition coefficient (Wildman–Crippen LogP) is 5.53. The zero-order valence-electron chi connectivity index (χ0n) is 20.0. The van der Waals surface area contributed by atoms with Crippen LogP contribution in [0, 0.1) is 12.7 Å². The number of hydrogen-bond donors (Lipinski definition) is 0. The highest BCUT2D eigenvalue weighted by Gasteiger charge is 2.49. The van der Waals surface area contributed by atoms with Crippen molar-refractivity contribution in [2.45, 2.75) is 65.2 Å². The summed E-state index contributed by atoms with van der Waals surface area (Å²) in [4.78, 5) is 24.9. The van der Waals surface area contributed by atoms with Gasteiger partial charge in [0.1, 0.15) is 5.82 Å². The normalized spacial score (nSPS) is 13.5. The Morgan fingerprint density at radius 2 is 1.66 bits per heavy atom. The zero-order valence-corrected chi connectivity index (χ0v) is 20.8. The van der Waals surface area contributed by atoms with Crippen molar-refractivity contribution < 1.29 is 49.2 Å². The Balaban J connectivity index is 3.00. The fourth-order valence-corrected chi connectivity index (χ4v) is 3.81. The summed E-state index contributed by atoms with van der Waals surface area (Å²) in [7, 11) is -6.24. The molecule has 0 spiro atoms. The lowest BCUT2D eigenvalue weighted by molar-refractivity contribution is -0.167. The van der Waals surface area contributed by atoms with Gasteiger partial charge in [0.2, 0.25) is 0 Å². The van der Waals surface area contributed by atoms with E-state index in [1.54, 1.807) is 20.8 Å². The molecule has 0 fully saturated rings. The van der Waals surface area contributed by atoms with Gasteiger partial charge in [-0.2, -0.15) is 21.6 Å². The third-order valence-corrected chi connectivity index (χ3v) is 5.71. The molecule has 0 aliphatic carbocycles. The summed E-state index contributed by atoms with van der Waals surface area (Å²) in [5.74, 6) is -3.64. The number of carbonyl (C=O) groups is 2. The largest absolute Gasteiger partial charge is 0.534 e. The lowest BCUT2D eigenvalue weighted by atomic mass is 9.93. The number of aryl methyl sites for hydroxylation is 1. The number of hydrogen-bond acceptors (Lipinski definition) is 7. The summed E-state index contributed by atoms with van der Waals surface area (Å²) in [5, 5.41) is -0.384. The number of rotatable bonds is 8. The van der Waals surface area contributed by atoms with Gasteiger partial charge in [0.05, 0.1) is 17.8 Å². The highest BCUT2D eigenvalue weighted by molar-refractivity contribution is 7.88. The van der Waals surface area contributed by atoms with Crippen LogP contribution >= 0.6 is 0 Å². The summed E-state index contributed by atoms with van der Waals surface area (Å²) >= 11 is 0. The van der Waals surface area contributed by atoms with Crippen LogP contribution in [-0.2, 0) is 24.4 Å². The zero-order chi connectivity index (χ0) is 26.9. The molecule has 0 unspecified atom stereocenters. The Labute approximate surface area is 200 Å². The molecule has 2 rings (SSSR count). The first-order valence-corrected chi connectivity index (χ1v) is 12.0. The van der Waals surface area contributed by atoms with Crippen LogP contribution in [0.2, 0.25) is 0 Å². The summed E-state index contributed by atoms with van der Waals surface area (Å²) in [6, 6.07) is 3.15. The minimum atomic E-state index is -6.24. The van der Waals surface area contributed by atoms with Crippen molar-refractivity contribution in [2.24, 2.45) is 0 Å². The second-order valence-corrected chi connectivity index (χ2v) is 10.1. The number of benzene rings is 2. The van der Waals surface area contributed by atoms with E-state index in [0.29, 0.717) is 6.07 Å². The van der Waals surface area contributed by atoms with Crippen molar-refractivity contribution in [3.63, 3.8) is 0 Å². The third kappa shape index (κ3) is 6.29. The number of carbonyl (C=O) groups excluding carboxylic acids is 2. The van der Waals surface area contributed by atoms with Gasteiger partial charge >= 0.3 is 21.6 Å². The fraction of sp³-hybridized carbons (Fsp3) is 0.478. The van der Waals surface area contributed by atoms with Crippen LogP contribution < -0.4 is 4.18 Å². The van der Waals surface area contributed by atoms with Gasteiger partial charge < -0.3 is 13.7 Å². The van der Waals surface area contributed by atoms with E-state index >= 15 is 0 Å². The number of esters is 1. The number of alkyl halides is 3. The Kier molecular flexibility index (Phi) is 8.22. The summed E-state index contributed by atoms with van der Waals surface area (Å²) < 4.78 is 93.8. The van der Waals surface area contributed by atoms with Crippen molar-refractivity contribution in [1.29, 1.82) is 0 Å². The van der Waals surface area contributed by atoms with E-state index in [0.717, 1.165) is 6.07 Å². The molecule has 0 aliphatic rings. The van der Waals surface area contributed by atoms with Gasteiger partial charge in [-0.3, -0.25) is 4.79 Å². The lowest BCUT2D eigenvalue weighted by Crippen LogP contribution is -2.31. The lowest BCUT2D eigenvalue weighted by Gasteiger charge is -2.29. The van der Waals surface area contributed by atoms with Gasteiger partial charge in [0.25, 0.3) is 0 Å². The van der Waals surface area contributed by atoms with Gasteiger partial charge in [0, 0.05) is 17.4 Å². The van der Waals surface area contributed by atoms with E-state index in [2.05, 4.69) is 4.18 Å². The van der Waals surface area contributed by atoms with E-state index in [1.165, 1.54) is 26.8 Å². The van der Waals surface area contributed by atoms with Crippen molar-refractivity contribution >= 4 is 32.6 Å². The van der Waals surface area contributed by atoms with Crippen LogP contribution in [0.25, 0.3) is 10.8 Å². The maximum absolute atomic E-state index is 14.8. The molecule has 0 amide bonds. The molecule has 0 saturated carbocycles. The van der Waals surface area contributed by atoms with Gasteiger partial charge in [-0.1, -0.05) is 13.0 Å². The first-order chi connectivity index (χ1) is 15.9.